The lowest BCUT2D eigenvalue weighted by Crippen LogP contribution is -2.19. The number of anilines is 1. The van der Waals surface area contributed by atoms with Gasteiger partial charge in [0.2, 0.25) is 5.91 Å². The van der Waals surface area contributed by atoms with Crippen LogP contribution in [-0.2, 0) is 9.59 Å². The van der Waals surface area contributed by atoms with Gasteiger partial charge in [-0.2, -0.15) is 0 Å². The zero-order valence-electron chi connectivity index (χ0n) is 9.52. The first kappa shape index (κ1) is 12.4. The molecule has 1 aromatic rings. The number of hydrogen-bond donors (Lipinski definition) is 2. The molecule has 5 nitrogen and oxygen atoms in total. The number of benzene rings is 1. The summed E-state index contributed by atoms with van der Waals surface area (Å²) in [6.07, 6.45) is 1.12. The van der Waals surface area contributed by atoms with Crippen LogP contribution in [0.3, 0.4) is 0 Å². The minimum absolute atomic E-state index is 0.103. The van der Waals surface area contributed by atoms with E-state index >= 15 is 0 Å². The highest BCUT2D eigenvalue weighted by molar-refractivity contribution is 8.18. The molecule has 2 rings (SSSR count). The van der Waals surface area contributed by atoms with Gasteiger partial charge in [-0.1, -0.05) is 18.2 Å². The standard InChI is InChI=1S/C12H10N2O3S/c1-7-4-2-3-5-8(7)13-10(15)6-9-11(16)14-12(17)18-9/h2-6H,1H3,(H,13,15)(H,14,16,17)/b9-6+. The summed E-state index contributed by atoms with van der Waals surface area (Å²) in [7, 11) is 0. The van der Waals surface area contributed by atoms with Gasteiger partial charge in [-0.25, -0.2) is 0 Å². The van der Waals surface area contributed by atoms with Gasteiger partial charge < -0.3 is 5.32 Å². The summed E-state index contributed by atoms with van der Waals surface area (Å²) in [5, 5.41) is 4.27. The molecule has 0 saturated carbocycles. The number of thioether (sulfide) groups is 1. The molecular formula is C12H10N2O3S. The molecule has 3 amide bonds. The van der Waals surface area contributed by atoms with Crippen molar-refractivity contribution in [2.75, 3.05) is 5.32 Å². The third kappa shape index (κ3) is 2.78. The second-order valence-corrected chi connectivity index (χ2v) is 4.67. The van der Waals surface area contributed by atoms with Crippen molar-refractivity contribution < 1.29 is 14.4 Å². The Hall–Kier alpha value is -2.08. The fourth-order valence-electron chi connectivity index (χ4n) is 1.42. The Balaban J connectivity index is 2.10. The van der Waals surface area contributed by atoms with Crippen LogP contribution < -0.4 is 10.6 Å². The van der Waals surface area contributed by atoms with Crippen molar-refractivity contribution in [1.29, 1.82) is 0 Å². The number of rotatable bonds is 2. The summed E-state index contributed by atoms with van der Waals surface area (Å²) in [4.78, 5) is 33.9. The second-order valence-electron chi connectivity index (χ2n) is 3.66. The Morgan fingerprint density at radius 3 is 2.67 bits per heavy atom. The SMILES string of the molecule is Cc1ccccc1NC(=O)/C=C1/SC(=O)NC1=O. The van der Waals surface area contributed by atoms with Crippen molar-refractivity contribution >= 4 is 34.5 Å². The van der Waals surface area contributed by atoms with Crippen LogP contribution in [0.1, 0.15) is 5.56 Å². The molecule has 0 atom stereocenters. The lowest BCUT2D eigenvalue weighted by Gasteiger charge is -2.05. The molecule has 0 aromatic heterocycles. The number of para-hydroxylation sites is 1. The monoisotopic (exact) mass is 262 g/mol. The number of amides is 3. The van der Waals surface area contributed by atoms with Crippen molar-refractivity contribution in [3.8, 4) is 0 Å². The Morgan fingerprint density at radius 2 is 2.06 bits per heavy atom. The smallest absolute Gasteiger partial charge is 0.290 e. The van der Waals surface area contributed by atoms with E-state index in [1.54, 1.807) is 12.1 Å². The van der Waals surface area contributed by atoms with Crippen molar-refractivity contribution in [2.24, 2.45) is 0 Å². The van der Waals surface area contributed by atoms with E-state index in [1.165, 1.54) is 0 Å². The van der Waals surface area contributed by atoms with E-state index in [1.807, 2.05) is 19.1 Å². The number of carbonyl (C=O) groups is 3. The maximum absolute atomic E-state index is 11.7. The number of imide groups is 1. The third-order valence-electron chi connectivity index (χ3n) is 2.31. The minimum Gasteiger partial charge on any atom is -0.322 e. The summed E-state index contributed by atoms with van der Waals surface area (Å²) < 4.78 is 0. The molecule has 0 spiro atoms. The number of aryl methyl sites for hydroxylation is 1. The van der Waals surface area contributed by atoms with E-state index < -0.39 is 17.1 Å². The Bertz CT molecular complexity index is 566. The van der Waals surface area contributed by atoms with Gasteiger partial charge in [-0.3, -0.25) is 19.7 Å². The first-order valence-corrected chi connectivity index (χ1v) is 5.99. The summed E-state index contributed by atoms with van der Waals surface area (Å²) in [5.74, 6) is -0.971. The van der Waals surface area contributed by atoms with Gasteiger partial charge in [0, 0.05) is 11.8 Å². The molecule has 18 heavy (non-hydrogen) atoms. The first-order chi connectivity index (χ1) is 8.56. The van der Waals surface area contributed by atoms with Crippen LogP contribution in [0.5, 0.6) is 0 Å². The van der Waals surface area contributed by atoms with E-state index in [4.69, 9.17) is 0 Å². The van der Waals surface area contributed by atoms with E-state index in [2.05, 4.69) is 10.6 Å². The zero-order valence-corrected chi connectivity index (χ0v) is 10.3. The summed E-state index contributed by atoms with van der Waals surface area (Å²) >= 11 is 0.717. The molecule has 0 aliphatic carbocycles. The van der Waals surface area contributed by atoms with Gasteiger partial charge in [0.15, 0.2) is 0 Å². The highest BCUT2D eigenvalue weighted by Gasteiger charge is 2.25. The van der Waals surface area contributed by atoms with E-state index in [0.717, 1.165) is 23.4 Å². The van der Waals surface area contributed by atoms with Crippen LogP contribution in [0.25, 0.3) is 0 Å². The third-order valence-corrected chi connectivity index (χ3v) is 3.12. The lowest BCUT2D eigenvalue weighted by molar-refractivity contribution is -0.116. The average Bonchev–Trinajstić information content (AvgIpc) is 2.61. The molecule has 92 valence electrons. The maximum atomic E-state index is 11.7. The quantitative estimate of drug-likeness (QED) is 0.797. The van der Waals surface area contributed by atoms with E-state index in [9.17, 15) is 14.4 Å². The molecule has 1 heterocycles. The van der Waals surface area contributed by atoms with Gasteiger partial charge >= 0.3 is 0 Å². The van der Waals surface area contributed by atoms with Gasteiger partial charge in [-0.05, 0) is 30.3 Å². The van der Waals surface area contributed by atoms with Gasteiger partial charge in [0.1, 0.15) is 0 Å². The van der Waals surface area contributed by atoms with Crippen LogP contribution in [0.4, 0.5) is 10.5 Å². The molecule has 0 unspecified atom stereocenters. The Kier molecular flexibility index (Phi) is 3.47. The largest absolute Gasteiger partial charge is 0.322 e. The molecule has 0 bridgehead atoms. The zero-order chi connectivity index (χ0) is 13.1. The summed E-state index contributed by atoms with van der Waals surface area (Å²) in [5.41, 5.74) is 1.60. The second kappa shape index (κ2) is 5.05. The minimum atomic E-state index is -0.537. The number of nitrogens with one attached hydrogen (secondary N) is 2. The molecule has 1 aliphatic heterocycles. The molecular weight excluding hydrogens is 252 g/mol. The fraction of sp³-hybridized carbons (Fsp3) is 0.0833. The summed E-state index contributed by atoms with van der Waals surface area (Å²) in [6, 6.07) is 7.29. The van der Waals surface area contributed by atoms with Crippen molar-refractivity contribution in [2.45, 2.75) is 6.92 Å². The highest BCUT2D eigenvalue weighted by Crippen LogP contribution is 2.23. The molecule has 1 aliphatic rings. The predicted molar refractivity (Wildman–Crippen MR) is 69.0 cm³/mol. The fourth-order valence-corrected chi connectivity index (χ4v) is 2.08. The van der Waals surface area contributed by atoms with Gasteiger partial charge in [0.25, 0.3) is 11.1 Å². The van der Waals surface area contributed by atoms with Crippen molar-refractivity contribution in [3.63, 3.8) is 0 Å². The van der Waals surface area contributed by atoms with Crippen molar-refractivity contribution in [3.05, 3.63) is 40.8 Å². The van der Waals surface area contributed by atoms with Crippen LogP contribution in [0, 0.1) is 6.92 Å². The molecule has 2 N–H and O–H groups in total. The van der Waals surface area contributed by atoms with Gasteiger partial charge in [-0.15, -0.1) is 0 Å². The molecule has 1 aromatic carbocycles. The van der Waals surface area contributed by atoms with E-state index in [-0.39, 0.29) is 4.91 Å². The molecule has 1 saturated heterocycles. The number of hydrogen-bond acceptors (Lipinski definition) is 4. The first-order valence-electron chi connectivity index (χ1n) is 5.18. The molecule has 1 fully saturated rings. The highest BCUT2D eigenvalue weighted by atomic mass is 32.2. The van der Waals surface area contributed by atoms with Crippen LogP contribution >= 0.6 is 11.8 Å². The topological polar surface area (TPSA) is 75.3 Å². The predicted octanol–water partition coefficient (Wildman–Crippen LogP) is 1.80. The Labute approximate surface area is 108 Å². The van der Waals surface area contributed by atoms with Crippen LogP contribution in [0.15, 0.2) is 35.2 Å². The normalized spacial score (nSPS) is 16.8. The van der Waals surface area contributed by atoms with E-state index in [0.29, 0.717) is 5.69 Å². The van der Waals surface area contributed by atoms with Crippen molar-refractivity contribution in [1.82, 2.24) is 5.32 Å². The number of carbonyl (C=O) groups excluding carboxylic acids is 3. The van der Waals surface area contributed by atoms with Crippen LogP contribution in [0.2, 0.25) is 0 Å². The maximum Gasteiger partial charge on any atom is 0.290 e. The Morgan fingerprint density at radius 1 is 1.33 bits per heavy atom. The summed E-state index contributed by atoms with van der Waals surface area (Å²) in [6.45, 7) is 1.86. The molecule has 6 heteroatoms. The van der Waals surface area contributed by atoms with Crippen LogP contribution in [-0.4, -0.2) is 17.1 Å². The lowest BCUT2D eigenvalue weighted by atomic mass is 10.2. The van der Waals surface area contributed by atoms with Gasteiger partial charge in [0.05, 0.1) is 4.91 Å². The average molecular weight is 262 g/mol. The molecule has 0 radical (unpaired) electrons.